The molecule has 0 aromatic heterocycles. The Morgan fingerprint density at radius 3 is 2.00 bits per heavy atom. The predicted molar refractivity (Wildman–Crippen MR) is 73.0 cm³/mol. The Kier molecular flexibility index (Phi) is 7.53. The van der Waals surface area contributed by atoms with Crippen molar-refractivity contribution in [1.82, 2.24) is 0 Å². The largest absolute Gasteiger partial charge is 0.481 e. The fourth-order valence-electron chi connectivity index (χ4n) is 2.96. The molecule has 0 heterocycles. The third kappa shape index (κ3) is 6.60. The Balaban J connectivity index is 2.09. The van der Waals surface area contributed by atoms with Crippen molar-refractivity contribution in [2.75, 3.05) is 0 Å². The predicted octanol–water partition coefficient (Wildman–Crippen LogP) is 3.69. The van der Waals surface area contributed by atoms with Gasteiger partial charge in [0.15, 0.2) is 5.92 Å². The Labute approximate surface area is 115 Å². The zero-order valence-corrected chi connectivity index (χ0v) is 11.6. The van der Waals surface area contributed by atoms with Gasteiger partial charge < -0.3 is 10.2 Å². The highest BCUT2D eigenvalue weighted by molar-refractivity contribution is 5.92. The number of carboxylic acids is 2. The van der Waals surface area contributed by atoms with Crippen LogP contribution < -0.4 is 0 Å². The van der Waals surface area contributed by atoms with Crippen molar-refractivity contribution < 1.29 is 19.8 Å². The lowest BCUT2D eigenvalue weighted by Gasteiger charge is -2.13. The molecule has 0 atom stereocenters. The number of carbonyl (C=O) groups is 2. The van der Waals surface area contributed by atoms with E-state index >= 15 is 0 Å². The fraction of sp³-hybridized carbons (Fsp3) is 0.867. The van der Waals surface area contributed by atoms with Crippen molar-refractivity contribution in [3.8, 4) is 0 Å². The molecule has 0 aromatic carbocycles. The summed E-state index contributed by atoms with van der Waals surface area (Å²) >= 11 is 0. The van der Waals surface area contributed by atoms with Gasteiger partial charge in [-0.25, -0.2) is 0 Å². The summed E-state index contributed by atoms with van der Waals surface area (Å²) in [6, 6.07) is 0. The van der Waals surface area contributed by atoms with Gasteiger partial charge in [0.2, 0.25) is 0 Å². The molecule has 0 saturated heterocycles. The van der Waals surface area contributed by atoms with Crippen LogP contribution in [0, 0.1) is 11.8 Å². The maximum Gasteiger partial charge on any atom is 0.317 e. The monoisotopic (exact) mass is 270 g/mol. The average Bonchev–Trinajstić information content (AvgIpc) is 2.61. The topological polar surface area (TPSA) is 74.6 Å². The molecule has 4 nitrogen and oxygen atoms in total. The second kappa shape index (κ2) is 8.94. The Bertz CT molecular complexity index is 266. The van der Waals surface area contributed by atoms with Gasteiger partial charge in [-0.3, -0.25) is 9.59 Å². The Hall–Kier alpha value is -1.06. The molecule has 0 aliphatic heterocycles. The summed E-state index contributed by atoms with van der Waals surface area (Å²) in [6.07, 6.45) is 12.4. The molecule has 2 N–H and O–H groups in total. The molecule has 0 radical (unpaired) electrons. The van der Waals surface area contributed by atoms with E-state index in [0.29, 0.717) is 6.42 Å². The first-order valence-electron chi connectivity index (χ1n) is 7.57. The summed E-state index contributed by atoms with van der Waals surface area (Å²) in [7, 11) is 0. The quantitative estimate of drug-likeness (QED) is 0.400. The highest BCUT2D eigenvalue weighted by atomic mass is 16.4. The molecule has 19 heavy (non-hydrogen) atoms. The van der Waals surface area contributed by atoms with Crippen LogP contribution in [-0.4, -0.2) is 22.2 Å². The maximum absolute atomic E-state index is 10.7. The SMILES string of the molecule is O=C(O)C(CCCCCC1CCCCCC1)C(=O)O. The molecule has 1 aliphatic carbocycles. The fourth-order valence-corrected chi connectivity index (χ4v) is 2.96. The lowest BCUT2D eigenvalue weighted by molar-refractivity contribution is -0.154. The summed E-state index contributed by atoms with van der Waals surface area (Å²) in [6.45, 7) is 0. The Morgan fingerprint density at radius 1 is 0.895 bits per heavy atom. The standard InChI is InChI=1S/C15H26O4/c16-14(17)13(15(18)19)11-7-3-6-10-12-8-4-1-2-5-9-12/h12-13H,1-11H2,(H,16,17)(H,18,19). The van der Waals surface area contributed by atoms with Crippen molar-refractivity contribution in [1.29, 1.82) is 0 Å². The minimum Gasteiger partial charge on any atom is -0.481 e. The minimum absolute atomic E-state index is 0.259. The second-order valence-corrected chi connectivity index (χ2v) is 5.72. The highest BCUT2D eigenvalue weighted by Crippen LogP contribution is 2.27. The van der Waals surface area contributed by atoms with Crippen molar-refractivity contribution in [2.24, 2.45) is 11.8 Å². The minimum atomic E-state index is -1.22. The zero-order chi connectivity index (χ0) is 14.1. The molecular weight excluding hydrogens is 244 g/mol. The van der Waals surface area contributed by atoms with Crippen LogP contribution >= 0.6 is 0 Å². The molecule has 1 rings (SSSR count). The van der Waals surface area contributed by atoms with Crippen LogP contribution in [0.15, 0.2) is 0 Å². The number of aliphatic carboxylic acids is 2. The van der Waals surface area contributed by atoms with Crippen LogP contribution in [0.25, 0.3) is 0 Å². The van der Waals surface area contributed by atoms with Crippen LogP contribution in [0.4, 0.5) is 0 Å². The summed E-state index contributed by atoms with van der Waals surface area (Å²) in [4.78, 5) is 21.4. The molecule has 110 valence electrons. The van der Waals surface area contributed by atoms with Crippen LogP contribution in [0.2, 0.25) is 0 Å². The van der Waals surface area contributed by atoms with Gasteiger partial charge in [-0.15, -0.1) is 0 Å². The Morgan fingerprint density at radius 2 is 1.47 bits per heavy atom. The van der Waals surface area contributed by atoms with Gasteiger partial charge in [-0.2, -0.15) is 0 Å². The van der Waals surface area contributed by atoms with E-state index in [1.54, 1.807) is 0 Å². The molecule has 0 spiro atoms. The number of carboxylic acid groups (broad SMARTS) is 2. The van der Waals surface area contributed by atoms with Gasteiger partial charge >= 0.3 is 11.9 Å². The molecule has 0 amide bonds. The summed E-state index contributed by atoms with van der Waals surface area (Å²) in [5.41, 5.74) is 0. The van der Waals surface area contributed by atoms with E-state index in [2.05, 4.69) is 0 Å². The van der Waals surface area contributed by atoms with Crippen LogP contribution in [0.5, 0.6) is 0 Å². The first-order chi connectivity index (χ1) is 9.11. The molecule has 1 saturated carbocycles. The number of rotatable bonds is 8. The average molecular weight is 270 g/mol. The van der Waals surface area contributed by atoms with E-state index in [4.69, 9.17) is 10.2 Å². The molecule has 4 heteroatoms. The van der Waals surface area contributed by atoms with Gasteiger partial charge in [0.05, 0.1) is 0 Å². The zero-order valence-electron chi connectivity index (χ0n) is 11.6. The van der Waals surface area contributed by atoms with E-state index in [1.807, 2.05) is 0 Å². The van der Waals surface area contributed by atoms with E-state index < -0.39 is 17.9 Å². The second-order valence-electron chi connectivity index (χ2n) is 5.72. The van der Waals surface area contributed by atoms with Crippen molar-refractivity contribution in [3.63, 3.8) is 0 Å². The number of unbranched alkanes of at least 4 members (excludes halogenated alkanes) is 2. The third-order valence-corrected chi connectivity index (χ3v) is 4.18. The third-order valence-electron chi connectivity index (χ3n) is 4.18. The van der Waals surface area contributed by atoms with Gasteiger partial charge in [0.25, 0.3) is 0 Å². The van der Waals surface area contributed by atoms with Crippen LogP contribution in [0.3, 0.4) is 0 Å². The lowest BCUT2D eigenvalue weighted by atomic mass is 9.93. The highest BCUT2D eigenvalue weighted by Gasteiger charge is 2.24. The summed E-state index contributed by atoms with van der Waals surface area (Å²) in [5.74, 6) is -2.80. The van der Waals surface area contributed by atoms with Crippen molar-refractivity contribution in [3.05, 3.63) is 0 Å². The van der Waals surface area contributed by atoms with E-state index in [0.717, 1.165) is 18.8 Å². The first-order valence-corrected chi connectivity index (χ1v) is 7.57. The summed E-state index contributed by atoms with van der Waals surface area (Å²) in [5, 5.41) is 17.5. The smallest absolute Gasteiger partial charge is 0.317 e. The number of hydrogen-bond acceptors (Lipinski definition) is 2. The van der Waals surface area contributed by atoms with E-state index in [9.17, 15) is 9.59 Å². The molecule has 0 bridgehead atoms. The van der Waals surface area contributed by atoms with Crippen LogP contribution in [0.1, 0.15) is 70.6 Å². The molecule has 1 aliphatic rings. The maximum atomic E-state index is 10.7. The van der Waals surface area contributed by atoms with Crippen molar-refractivity contribution >= 4 is 11.9 Å². The van der Waals surface area contributed by atoms with Crippen LogP contribution in [-0.2, 0) is 9.59 Å². The first kappa shape index (κ1) is 16.0. The van der Waals surface area contributed by atoms with Gasteiger partial charge in [-0.05, 0) is 12.3 Å². The number of hydrogen-bond donors (Lipinski definition) is 2. The van der Waals surface area contributed by atoms with Crippen molar-refractivity contribution in [2.45, 2.75) is 70.6 Å². The van der Waals surface area contributed by atoms with E-state index in [1.165, 1.54) is 44.9 Å². The molecule has 0 unspecified atom stereocenters. The van der Waals surface area contributed by atoms with E-state index in [-0.39, 0.29) is 6.42 Å². The molecule has 0 aromatic rings. The molecular formula is C15H26O4. The summed E-state index contributed by atoms with van der Waals surface area (Å²) < 4.78 is 0. The molecule has 1 fully saturated rings. The lowest BCUT2D eigenvalue weighted by Crippen LogP contribution is -2.23. The van der Waals surface area contributed by atoms with Gasteiger partial charge in [0, 0.05) is 0 Å². The van der Waals surface area contributed by atoms with Gasteiger partial charge in [-0.1, -0.05) is 64.2 Å². The normalized spacial score (nSPS) is 17.3. The van der Waals surface area contributed by atoms with Gasteiger partial charge in [0.1, 0.15) is 0 Å².